The Bertz CT molecular complexity index is 102. The normalized spacial score (nSPS) is 24.0. The Labute approximate surface area is 77.5 Å². The molecule has 0 spiro atoms. The molecular formula is C10H24N2. The maximum absolute atomic E-state index is 2.38. The van der Waals surface area contributed by atoms with Crippen LogP contribution < -0.4 is 0 Å². The van der Waals surface area contributed by atoms with Crippen LogP contribution in [0.3, 0.4) is 0 Å². The summed E-state index contributed by atoms with van der Waals surface area (Å²) in [5.74, 6) is 0. The van der Waals surface area contributed by atoms with Crippen molar-refractivity contribution >= 4 is 0 Å². The molecule has 0 N–H and O–H groups in total. The molecule has 12 heavy (non-hydrogen) atoms. The van der Waals surface area contributed by atoms with Crippen LogP contribution >= 0.6 is 0 Å². The van der Waals surface area contributed by atoms with Crippen molar-refractivity contribution < 1.29 is 0 Å². The molecule has 0 aliphatic carbocycles. The number of likely N-dealkylation sites (N-methyl/N-ethyl adjacent to an activating group) is 2. The molecule has 0 saturated carbocycles. The SMILES string of the molecule is CCC.CN1CC[C@H](N(C)C)C1. The van der Waals surface area contributed by atoms with Crippen molar-refractivity contribution in [3.05, 3.63) is 0 Å². The van der Waals surface area contributed by atoms with Gasteiger partial charge in [-0.1, -0.05) is 20.3 Å². The first-order chi connectivity index (χ1) is 5.61. The highest BCUT2D eigenvalue weighted by atomic mass is 15.2. The van der Waals surface area contributed by atoms with Crippen molar-refractivity contribution in [3.63, 3.8) is 0 Å². The molecule has 1 rings (SSSR count). The fraction of sp³-hybridized carbons (Fsp3) is 1.00. The van der Waals surface area contributed by atoms with Gasteiger partial charge in [0.2, 0.25) is 0 Å². The van der Waals surface area contributed by atoms with Crippen molar-refractivity contribution in [2.24, 2.45) is 0 Å². The Hall–Kier alpha value is -0.0800. The van der Waals surface area contributed by atoms with Gasteiger partial charge in [-0.2, -0.15) is 0 Å². The molecule has 1 heterocycles. The third kappa shape index (κ3) is 4.73. The van der Waals surface area contributed by atoms with Crippen molar-refractivity contribution in [2.45, 2.75) is 32.7 Å². The fourth-order valence-electron chi connectivity index (χ4n) is 1.33. The summed E-state index contributed by atoms with van der Waals surface area (Å²) in [5.41, 5.74) is 0. The average Bonchev–Trinajstić information content (AvgIpc) is 2.37. The third-order valence-corrected chi connectivity index (χ3v) is 2.10. The third-order valence-electron chi connectivity index (χ3n) is 2.10. The maximum Gasteiger partial charge on any atom is 0.0229 e. The van der Waals surface area contributed by atoms with Crippen LogP contribution in [-0.4, -0.2) is 50.1 Å². The van der Waals surface area contributed by atoms with E-state index in [4.69, 9.17) is 0 Å². The first-order valence-corrected chi connectivity index (χ1v) is 4.96. The summed E-state index contributed by atoms with van der Waals surface area (Å²) < 4.78 is 0. The second-order valence-electron chi connectivity index (χ2n) is 3.88. The van der Waals surface area contributed by atoms with E-state index in [1.54, 1.807) is 0 Å². The highest BCUT2D eigenvalue weighted by Crippen LogP contribution is 2.09. The van der Waals surface area contributed by atoms with E-state index in [0.717, 1.165) is 6.04 Å². The van der Waals surface area contributed by atoms with Crippen molar-refractivity contribution in [2.75, 3.05) is 34.2 Å². The monoisotopic (exact) mass is 172 g/mol. The summed E-state index contributed by atoms with van der Waals surface area (Å²) in [5, 5.41) is 0. The predicted octanol–water partition coefficient (Wildman–Crippen LogP) is 1.67. The summed E-state index contributed by atoms with van der Waals surface area (Å²) >= 11 is 0. The van der Waals surface area contributed by atoms with Crippen LogP contribution in [0.15, 0.2) is 0 Å². The van der Waals surface area contributed by atoms with Crippen LogP contribution in [0, 0.1) is 0 Å². The molecule has 1 atom stereocenters. The molecule has 1 aliphatic heterocycles. The van der Waals surface area contributed by atoms with Crippen molar-refractivity contribution in [3.8, 4) is 0 Å². The smallest absolute Gasteiger partial charge is 0.0229 e. The minimum absolute atomic E-state index is 0.801. The number of likely N-dealkylation sites (tertiary alicyclic amines) is 1. The standard InChI is InChI=1S/C7H16N2.C3H8/c1-8(2)7-4-5-9(3)6-7;1-3-2/h7H,4-6H2,1-3H3;3H2,1-2H3/t7-;/m0./s1. The molecule has 0 amide bonds. The highest BCUT2D eigenvalue weighted by molar-refractivity contribution is 4.77. The zero-order chi connectivity index (χ0) is 9.56. The van der Waals surface area contributed by atoms with E-state index < -0.39 is 0 Å². The van der Waals surface area contributed by atoms with E-state index in [2.05, 4.69) is 44.8 Å². The van der Waals surface area contributed by atoms with E-state index in [0.29, 0.717) is 0 Å². The van der Waals surface area contributed by atoms with Gasteiger partial charge in [0, 0.05) is 12.6 Å². The van der Waals surface area contributed by atoms with Crippen LogP contribution in [-0.2, 0) is 0 Å². The van der Waals surface area contributed by atoms with Crippen LogP contribution in [0.25, 0.3) is 0 Å². The summed E-state index contributed by atoms with van der Waals surface area (Å²) in [4.78, 5) is 4.69. The van der Waals surface area contributed by atoms with Gasteiger partial charge in [-0.25, -0.2) is 0 Å². The molecule has 74 valence electrons. The van der Waals surface area contributed by atoms with E-state index >= 15 is 0 Å². The Kier molecular flexibility index (Phi) is 6.39. The van der Waals surface area contributed by atoms with Gasteiger partial charge >= 0.3 is 0 Å². The van der Waals surface area contributed by atoms with Gasteiger partial charge in [0.15, 0.2) is 0 Å². The van der Waals surface area contributed by atoms with Gasteiger partial charge in [-0.3, -0.25) is 0 Å². The largest absolute Gasteiger partial charge is 0.305 e. The van der Waals surface area contributed by atoms with Gasteiger partial charge < -0.3 is 9.80 Å². The fourth-order valence-corrected chi connectivity index (χ4v) is 1.33. The minimum Gasteiger partial charge on any atom is -0.305 e. The molecule has 2 heteroatoms. The van der Waals surface area contributed by atoms with Crippen LogP contribution in [0.2, 0.25) is 0 Å². The molecular weight excluding hydrogens is 148 g/mol. The van der Waals surface area contributed by atoms with Crippen LogP contribution in [0.4, 0.5) is 0 Å². The van der Waals surface area contributed by atoms with Crippen molar-refractivity contribution in [1.29, 1.82) is 0 Å². The van der Waals surface area contributed by atoms with E-state index in [1.165, 1.54) is 25.9 Å². The quantitative estimate of drug-likeness (QED) is 0.593. The Balaban J connectivity index is 0.000000354. The molecule has 0 bridgehead atoms. The summed E-state index contributed by atoms with van der Waals surface area (Å²) in [7, 11) is 6.50. The van der Waals surface area contributed by atoms with Gasteiger partial charge in [0.25, 0.3) is 0 Å². The molecule has 0 unspecified atom stereocenters. The number of rotatable bonds is 1. The second kappa shape index (κ2) is 6.44. The van der Waals surface area contributed by atoms with Crippen molar-refractivity contribution in [1.82, 2.24) is 9.80 Å². The molecule has 2 nitrogen and oxygen atoms in total. The lowest BCUT2D eigenvalue weighted by molar-refractivity contribution is 0.288. The molecule has 1 aliphatic rings. The van der Waals surface area contributed by atoms with Gasteiger partial charge in [0.05, 0.1) is 0 Å². The highest BCUT2D eigenvalue weighted by Gasteiger charge is 2.20. The van der Waals surface area contributed by atoms with Gasteiger partial charge in [0.1, 0.15) is 0 Å². The Morgan fingerprint density at radius 2 is 1.83 bits per heavy atom. The summed E-state index contributed by atoms with van der Waals surface area (Å²) in [6.45, 7) is 6.76. The lowest BCUT2D eigenvalue weighted by atomic mass is 10.2. The summed E-state index contributed by atoms with van der Waals surface area (Å²) in [6, 6.07) is 0.801. The van der Waals surface area contributed by atoms with E-state index in [9.17, 15) is 0 Å². The molecule has 0 aromatic rings. The summed E-state index contributed by atoms with van der Waals surface area (Å²) in [6.07, 6.45) is 2.59. The number of hydrogen-bond acceptors (Lipinski definition) is 2. The molecule has 0 aromatic heterocycles. The first-order valence-electron chi connectivity index (χ1n) is 4.96. The van der Waals surface area contributed by atoms with Gasteiger partial charge in [-0.15, -0.1) is 0 Å². The lowest BCUT2D eigenvalue weighted by Gasteiger charge is -2.17. The minimum atomic E-state index is 0.801. The van der Waals surface area contributed by atoms with E-state index in [-0.39, 0.29) is 0 Å². The Morgan fingerprint density at radius 1 is 1.33 bits per heavy atom. The van der Waals surface area contributed by atoms with Crippen LogP contribution in [0.5, 0.6) is 0 Å². The number of nitrogens with zero attached hydrogens (tertiary/aromatic N) is 2. The Morgan fingerprint density at radius 3 is 2.00 bits per heavy atom. The average molecular weight is 172 g/mol. The maximum atomic E-state index is 2.38. The predicted molar refractivity (Wildman–Crippen MR) is 55.6 cm³/mol. The number of hydrogen-bond donors (Lipinski definition) is 0. The topological polar surface area (TPSA) is 6.48 Å². The lowest BCUT2D eigenvalue weighted by Crippen LogP contribution is -2.30. The molecule has 1 fully saturated rings. The first kappa shape index (κ1) is 11.9. The van der Waals surface area contributed by atoms with Gasteiger partial charge in [-0.05, 0) is 34.1 Å². The van der Waals surface area contributed by atoms with E-state index in [1.807, 2.05) is 0 Å². The van der Waals surface area contributed by atoms with Crippen LogP contribution in [0.1, 0.15) is 26.7 Å². The molecule has 1 saturated heterocycles. The molecule has 0 radical (unpaired) electrons. The second-order valence-corrected chi connectivity index (χ2v) is 3.88. The zero-order valence-electron chi connectivity index (χ0n) is 9.30. The zero-order valence-corrected chi connectivity index (χ0v) is 9.30. The molecule has 0 aromatic carbocycles.